The molecule has 10 heteroatoms. The van der Waals surface area contributed by atoms with Gasteiger partial charge in [0.05, 0.1) is 13.2 Å². The summed E-state index contributed by atoms with van der Waals surface area (Å²) in [5.74, 6) is 1.71. The quantitative estimate of drug-likeness (QED) is 0.0912. The summed E-state index contributed by atoms with van der Waals surface area (Å²) in [7, 11) is -7.39. The molecule has 0 saturated heterocycles. The third-order valence-corrected chi connectivity index (χ3v) is 8.07. The predicted molar refractivity (Wildman–Crippen MR) is 165 cm³/mol. The third-order valence-electron chi connectivity index (χ3n) is 5.34. The van der Waals surface area contributed by atoms with E-state index < -0.39 is 15.6 Å². The Labute approximate surface area is 248 Å². The van der Waals surface area contributed by atoms with Gasteiger partial charge in [-0.25, -0.2) is 4.57 Å². The lowest BCUT2D eigenvalue weighted by molar-refractivity contribution is 0.152. The molecule has 0 amide bonds. The fourth-order valence-corrected chi connectivity index (χ4v) is 5.75. The van der Waals surface area contributed by atoms with Crippen LogP contribution in [0.15, 0.2) is 121 Å². The van der Waals surface area contributed by atoms with Gasteiger partial charge in [0, 0.05) is 0 Å². The van der Waals surface area contributed by atoms with Crippen LogP contribution in [0.4, 0.5) is 0 Å². The van der Waals surface area contributed by atoms with Gasteiger partial charge in [0.1, 0.15) is 23.0 Å². The van der Waals surface area contributed by atoms with Crippen molar-refractivity contribution in [1.29, 1.82) is 0 Å². The van der Waals surface area contributed by atoms with E-state index in [0.29, 0.717) is 36.2 Å². The van der Waals surface area contributed by atoms with Crippen LogP contribution < -0.4 is 18.1 Å². The number of rotatable bonds is 16. The van der Waals surface area contributed by atoms with Crippen molar-refractivity contribution in [3.05, 3.63) is 121 Å². The van der Waals surface area contributed by atoms with Crippen molar-refractivity contribution in [3.8, 4) is 23.0 Å². The molecule has 224 valence electrons. The highest BCUT2D eigenvalue weighted by molar-refractivity contribution is 7.49. The molecule has 0 saturated carbocycles. The molecule has 0 radical (unpaired) electrons. The van der Waals surface area contributed by atoms with Gasteiger partial charge in [-0.05, 0) is 61.4 Å². The zero-order chi connectivity index (χ0) is 29.9. The molecule has 4 rings (SSSR count). The van der Waals surface area contributed by atoms with E-state index in [9.17, 15) is 9.13 Å². The molecule has 0 bridgehead atoms. The van der Waals surface area contributed by atoms with Crippen LogP contribution in [0.5, 0.6) is 23.0 Å². The second kappa shape index (κ2) is 18.1. The molecule has 0 spiro atoms. The third kappa shape index (κ3) is 12.5. The van der Waals surface area contributed by atoms with E-state index in [-0.39, 0.29) is 0 Å². The zero-order valence-electron chi connectivity index (χ0n) is 24.0. The van der Waals surface area contributed by atoms with Gasteiger partial charge in [-0.3, -0.25) is 9.05 Å². The van der Waals surface area contributed by atoms with Crippen molar-refractivity contribution in [2.24, 2.45) is 0 Å². The highest BCUT2D eigenvalue weighted by atomic mass is 31.2. The van der Waals surface area contributed by atoms with Gasteiger partial charge in [0.25, 0.3) is 0 Å². The molecule has 0 aromatic heterocycles. The van der Waals surface area contributed by atoms with Gasteiger partial charge >= 0.3 is 15.6 Å². The molecule has 0 atom stereocenters. The molecular weight excluding hydrogens is 574 g/mol. The Morgan fingerprint density at radius 3 is 0.952 bits per heavy atom. The normalized spacial score (nSPS) is 11.1. The number of phosphoric ester groups is 2. The van der Waals surface area contributed by atoms with Crippen LogP contribution in [0.2, 0.25) is 0 Å². The minimum atomic E-state index is -3.89. The minimum absolute atomic E-state index is 0.382. The van der Waals surface area contributed by atoms with Crippen molar-refractivity contribution in [2.45, 2.75) is 39.5 Å². The smallest absolute Gasteiger partial charge is 0.404 e. The van der Waals surface area contributed by atoms with Gasteiger partial charge in [-0.1, -0.05) is 99.5 Å². The van der Waals surface area contributed by atoms with Crippen LogP contribution >= 0.6 is 15.6 Å². The first-order valence-electron chi connectivity index (χ1n) is 13.9. The number of phosphoric acid groups is 2. The average Bonchev–Trinajstić information content (AvgIpc) is 3.00. The van der Waals surface area contributed by atoms with Gasteiger partial charge < -0.3 is 18.1 Å². The summed E-state index contributed by atoms with van der Waals surface area (Å²) in [6, 6.07) is 35.3. The van der Waals surface area contributed by atoms with Crippen LogP contribution in [0.1, 0.15) is 39.5 Å². The van der Waals surface area contributed by atoms with Crippen LogP contribution in [-0.2, 0) is 18.2 Å². The van der Waals surface area contributed by atoms with Crippen LogP contribution in [0.3, 0.4) is 0 Å². The molecule has 0 N–H and O–H groups in total. The van der Waals surface area contributed by atoms with Gasteiger partial charge in [-0.15, -0.1) is 0 Å². The van der Waals surface area contributed by atoms with Crippen LogP contribution in [0.25, 0.3) is 0 Å². The van der Waals surface area contributed by atoms with Crippen LogP contribution in [-0.4, -0.2) is 13.2 Å². The monoisotopic (exact) mass is 612 g/mol. The highest BCUT2D eigenvalue weighted by Gasteiger charge is 2.33. The number of unbranched alkanes of at least 4 members (excludes halogenated alkanes) is 2. The molecule has 0 unspecified atom stereocenters. The Bertz CT molecular complexity index is 1230. The Balaban J connectivity index is 0.000000236. The van der Waals surface area contributed by atoms with E-state index in [0.717, 1.165) is 25.7 Å². The summed E-state index contributed by atoms with van der Waals surface area (Å²) in [6.07, 6.45) is 3.61. The van der Waals surface area contributed by atoms with Crippen molar-refractivity contribution in [1.82, 2.24) is 0 Å². The second-order valence-corrected chi connectivity index (χ2v) is 11.9. The van der Waals surface area contributed by atoms with Gasteiger partial charge in [-0.2, -0.15) is 4.57 Å². The van der Waals surface area contributed by atoms with E-state index >= 15 is 0 Å². The molecule has 0 aliphatic heterocycles. The fourth-order valence-electron chi connectivity index (χ4n) is 3.23. The number of hydrogen-bond acceptors (Lipinski definition) is 8. The maximum Gasteiger partial charge on any atom is 0.647 e. The van der Waals surface area contributed by atoms with Crippen molar-refractivity contribution >= 4 is 15.6 Å². The summed E-state index contributed by atoms with van der Waals surface area (Å²) < 4.78 is 58.2. The summed E-state index contributed by atoms with van der Waals surface area (Å²) in [6.45, 7) is 4.86. The van der Waals surface area contributed by atoms with Crippen LogP contribution in [0, 0.1) is 0 Å². The molecule has 4 aromatic carbocycles. The predicted octanol–water partition coefficient (Wildman–Crippen LogP) is 10.1. The Hall–Kier alpha value is -3.54. The Morgan fingerprint density at radius 2 is 0.690 bits per heavy atom. The van der Waals surface area contributed by atoms with E-state index in [1.54, 1.807) is 84.9 Å². The lowest BCUT2D eigenvalue weighted by Crippen LogP contribution is -2.07. The molecule has 0 fully saturated rings. The minimum Gasteiger partial charge on any atom is -0.404 e. The van der Waals surface area contributed by atoms with Crippen molar-refractivity contribution < 1.29 is 36.3 Å². The Morgan fingerprint density at radius 1 is 0.429 bits per heavy atom. The number of para-hydroxylation sites is 4. The van der Waals surface area contributed by atoms with Crippen molar-refractivity contribution in [3.63, 3.8) is 0 Å². The molecule has 42 heavy (non-hydrogen) atoms. The Kier molecular flexibility index (Phi) is 14.2. The van der Waals surface area contributed by atoms with Gasteiger partial charge in [0.2, 0.25) is 0 Å². The number of benzene rings is 4. The first kappa shape index (κ1) is 33.0. The summed E-state index contributed by atoms with van der Waals surface area (Å²) in [5.41, 5.74) is 0. The first-order valence-corrected chi connectivity index (χ1v) is 16.8. The maximum absolute atomic E-state index is 13.1. The first-order chi connectivity index (χ1) is 20.4. The molecule has 0 heterocycles. The highest BCUT2D eigenvalue weighted by Crippen LogP contribution is 2.50. The topological polar surface area (TPSA) is 89.5 Å². The summed E-state index contributed by atoms with van der Waals surface area (Å²) in [5, 5.41) is 0. The van der Waals surface area contributed by atoms with E-state index in [2.05, 4.69) is 0 Å². The molecule has 0 aliphatic carbocycles. The second-order valence-electron chi connectivity index (χ2n) is 8.89. The SMILES string of the molecule is CCCCOP(=O)(OCCCC)Oc1ccccc1.O=P(Oc1ccccc1)(Oc1ccccc1)Oc1ccccc1. The van der Waals surface area contributed by atoms with E-state index in [1.807, 2.05) is 50.2 Å². The zero-order valence-corrected chi connectivity index (χ0v) is 25.7. The largest absolute Gasteiger partial charge is 0.647 e. The summed E-state index contributed by atoms with van der Waals surface area (Å²) in [4.78, 5) is 0. The van der Waals surface area contributed by atoms with E-state index in [1.165, 1.54) is 0 Å². The van der Waals surface area contributed by atoms with E-state index in [4.69, 9.17) is 27.1 Å². The average molecular weight is 613 g/mol. The maximum atomic E-state index is 13.1. The van der Waals surface area contributed by atoms with Gasteiger partial charge in [0.15, 0.2) is 0 Å². The number of hydrogen-bond donors (Lipinski definition) is 0. The fraction of sp³-hybridized carbons (Fsp3) is 0.250. The summed E-state index contributed by atoms with van der Waals surface area (Å²) >= 11 is 0. The standard InChI is InChI=1S/C18H15O4P.C14H23O4P/c19-23(20-16-10-4-1-5-11-16,21-17-12-6-2-7-13-17)22-18-14-8-3-9-15-18;1-3-5-12-16-19(15,17-13-6-4-2)18-14-10-8-7-9-11-14/h1-15H;7-11H,3-6,12-13H2,1-2H3. The lowest BCUT2D eigenvalue weighted by atomic mass is 10.3. The van der Waals surface area contributed by atoms with Crippen molar-refractivity contribution in [2.75, 3.05) is 13.2 Å². The molecule has 4 aromatic rings. The molecular formula is C32H38O8P2. The molecule has 8 nitrogen and oxygen atoms in total. The molecule has 0 aliphatic rings. The lowest BCUT2D eigenvalue weighted by Gasteiger charge is -2.19.